The third-order valence-corrected chi connectivity index (χ3v) is 7.50. The average molecular weight is 370 g/mol. The van der Waals surface area contributed by atoms with Crippen LogP contribution in [0.25, 0.3) is 0 Å². The Labute approximate surface area is 164 Å². The Bertz CT molecular complexity index is 647. The maximum Gasteiger partial charge on any atom is 0.221 e. The number of nitrogens with one attached hydrogen (secondary N) is 2. The summed E-state index contributed by atoms with van der Waals surface area (Å²) >= 11 is 0. The Hall–Kier alpha value is -1.39. The topological polar surface area (TPSA) is 44.4 Å². The van der Waals surface area contributed by atoms with Crippen molar-refractivity contribution in [3.8, 4) is 0 Å². The van der Waals surface area contributed by atoms with E-state index in [1.54, 1.807) is 7.05 Å². The minimum absolute atomic E-state index is 0.156. The predicted molar refractivity (Wildman–Crippen MR) is 110 cm³/mol. The van der Waals surface area contributed by atoms with E-state index in [0.29, 0.717) is 23.8 Å². The molecule has 1 aliphatic heterocycles. The minimum atomic E-state index is 0.156. The molecule has 4 rings (SSSR count). The average Bonchev–Trinajstić information content (AvgIpc) is 3.44. The highest BCUT2D eigenvalue weighted by Crippen LogP contribution is 2.45. The van der Waals surface area contributed by atoms with E-state index in [0.717, 1.165) is 19.6 Å². The molecule has 1 amide bonds. The molecule has 3 fully saturated rings. The molecule has 0 aromatic heterocycles. The summed E-state index contributed by atoms with van der Waals surface area (Å²) in [5.41, 5.74) is 2.03. The normalized spacial score (nSPS) is 29.0. The lowest BCUT2D eigenvalue weighted by Gasteiger charge is -2.54. The largest absolute Gasteiger partial charge is 0.359 e. The van der Waals surface area contributed by atoms with Gasteiger partial charge in [-0.1, -0.05) is 37.3 Å². The first kappa shape index (κ1) is 18.9. The quantitative estimate of drug-likeness (QED) is 0.775. The fourth-order valence-corrected chi connectivity index (χ4v) is 5.14. The Morgan fingerprint density at radius 3 is 2.44 bits per heavy atom. The lowest BCUT2D eigenvalue weighted by Crippen LogP contribution is -2.59. The van der Waals surface area contributed by atoms with Gasteiger partial charge >= 0.3 is 0 Å². The number of piperidine rings is 1. The van der Waals surface area contributed by atoms with Gasteiger partial charge in [-0.25, -0.2) is 0 Å². The van der Waals surface area contributed by atoms with Crippen molar-refractivity contribution in [3.63, 3.8) is 0 Å². The first-order valence-corrected chi connectivity index (χ1v) is 10.8. The van der Waals surface area contributed by atoms with E-state index < -0.39 is 0 Å². The molecule has 1 saturated heterocycles. The lowest BCUT2D eigenvalue weighted by molar-refractivity contribution is -0.127. The molecule has 1 aromatic carbocycles. The summed E-state index contributed by atoms with van der Waals surface area (Å²) in [6.07, 6.45) is 8.08. The van der Waals surface area contributed by atoms with Gasteiger partial charge in [0.25, 0.3) is 0 Å². The summed E-state index contributed by atoms with van der Waals surface area (Å²) in [6, 6.07) is 11.6. The number of carbonyl (C=O) groups excluding carboxylic acids is 1. The van der Waals surface area contributed by atoms with E-state index >= 15 is 0 Å². The number of amides is 1. The van der Waals surface area contributed by atoms with Crippen molar-refractivity contribution < 1.29 is 4.79 Å². The molecular weight excluding hydrogens is 334 g/mol. The Kier molecular flexibility index (Phi) is 5.30. The second-order valence-corrected chi connectivity index (χ2v) is 9.47. The maximum atomic E-state index is 12.0. The van der Waals surface area contributed by atoms with Crippen LogP contribution in [0.4, 0.5) is 0 Å². The smallest absolute Gasteiger partial charge is 0.221 e. The molecule has 0 bridgehead atoms. The van der Waals surface area contributed by atoms with Gasteiger partial charge in [-0.2, -0.15) is 0 Å². The number of likely N-dealkylation sites (tertiary alicyclic amines) is 1. The van der Waals surface area contributed by atoms with Gasteiger partial charge < -0.3 is 10.6 Å². The number of carbonyl (C=O) groups is 1. The van der Waals surface area contributed by atoms with Gasteiger partial charge in [0.15, 0.2) is 0 Å². The fourth-order valence-electron chi connectivity index (χ4n) is 5.14. The number of hydrogen-bond acceptors (Lipinski definition) is 3. The van der Waals surface area contributed by atoms with E-state index in [9.17, 15) is 4.79 Å². The fraction of sp³-hybridized carbons (Fsp3) is 0.696. The van der Waals surface area contributed by atoms with E-state index in [-0.39, 0.29) is 11.4 Å². The van der Waals surface area contributed by atoms with Gasteiger partial charge in [-0.3, -0.25) is 9.69 Å². The molecule has 2 aliphatic carbocycles. The van der Waals surface area contributed by atoms with Gasteiger partial charge in [0, 0.05) is 37.5 Å². The van der Waals surface area contributed by atoms with E-state index in [1.165, 1.54) is 44.1 Å². The Balaban J connectivity index is 1.25. The van der Waals surface area contributed by atoms with Crippen LogP contribution in [0.1, 0.15) is 63.4 Å². The highest BCUT2D eigenvalue weighted by Gasteiger charge is 2.46. The third kappa shape index (κ3) is 4.07. The van der Waals surface area contributed by atoms with Gasteiger partial charge in [-0.05, 0) is 62.6 Å². The summed E-state index contributed by atoms with van der Waals surface area (Å²) < 4.78 is 0. The van der Waals surface area contributed by atoms with Crippen LogP contribution in [0.3, 0.4) is 0 Å². The zero-order valence-corrected chi connectivity index (χ0v) is 17.0. The number of hydrogen-bond donors (Lipinski definition) is 2. The highest BCUT2D eigenvalue weighted by molar-refractivity contribution is 5.77. The Morgan fingerprint density at radius 2 is 1.85 bits per heavy atom. The maximum absolute atomic E-state index is 12.0. The second kappa shape index (κ2) is 7.56. The van der Waals surface area contributed by atoms with Crippen LogP contribution in [-0.2, 0) is 4.79 Å². The molecule has 0 spiro atoms. The summed E-state index contributed by atoms with van der Waals surface area (Å²) in [5.74, 6) is 0.908. The van der Waals surface area contributed by atoms with Crippen molar-refractivity contribution in [1.29, 1.82) is 0 Å². The van der Waals surface area contributed by atoms with Crippen LogP contribution >= 0.6 is 0 Å². The van der Waals surface area contributed by atoms with E-state index in [2.05, 4.69) is 52.8 Å². The van der Waals surface area contributed by atoms with Crippen molar-refractivity contribution in [3.05, 3.63) is 35.9 Å². The van der Waals surface area contributed by atoms with Crippen LogP contribution in [0.15, 0.2) is 30.3 Å². The van der Waals surface area contributed by atoms with Crippen LogP contribution in [0.2, 0.25) is 0 Å². The Morgan fingerprint density at radius 1 is 1.15 bits per heavy atom. The van der Waals surface area contributed by atoms with Crippen molar-refractivity contribution in [1.82, 2.24) is 15.5 Å². The van der Waals surface area contributed by atoms with E-state index in [4.69, 9.17) is 0 Å². The number of benzene rings is 1. The molecule has 3 aliphatic rings. The number of nitrogens with zero attached hydrogens (tertiary/aromatic N) is 1. The van der Waals surface area contributed by atoms with Crippen molar-refractivity contribution >= 4 is 5.91 Å². The molecule has 0 unspecified atom stereocenters. The molecule has 2 atom stereocenters. The van der Waals surface area contributed by atoms with Gasteiger partial charge in [0.1, 0.15) is 0 Å². The first-order valence-electron chi connectivity index (χ1n) is 10.8. The molecule has 1 aromatic rings. The predicted octanol–water partition coefficient (Wildman–Crippen LogP) is 3.29. The SMILES string of the molecule is CNC(=O)CC1(N2CCC(C)(CN[C@@H]3C[C@H]3c3ccccc3)CC2)CCC1. The molecule has 2 saturated carbocycles. The zero-order valence-electron chi connectivity index (χ0n) is 17.0. The summed E-state index contributed by atoms with van der Waals surface area (Å²) in [7, 11) is 1.76. The molecule has 1 heterocycles. The van der Waals surface area contributed by atoms with Crippen molar-refractivity contribution in [2.45, 2.75) is 69.4 Å². The summed E-state index contributed by atoms with van der Waals surface area (Å²) in [6.45, 7) is 5.85. The zero-order chi connectivity index (χ0) is 18.9. The minimum Gasteiger partial charge on any atom is -0.359 e. The first-order chi connectivity index (χ1) is 13.0. The monoisotopic (exact) mass is 369 g/mol. The summed E-state index contributed by atoms with van der Waals surface area (Å²) in [4.78, 5) is 14.6. The van der Waals surface area contributed by atoms with Crippen LogP contribution in [-0.4, -0.2) is 49.1 Å². The van der Waals surface area contributed by atoms with Gasteiger partial charge in [-0.15, -0.1) is 0 Å². The molecule has 0 radical (unpaired) electrons. The molecule has 27 heavy (non-hydrogen) atoms. The van der Waals surface area contributed by atoms with Crippen LogP contribution < -0.4 is 10.6 Å². The van der Waals surface area contributed by atoms with E-state index in [1.807, 2.05) is 0 Å². The molecular formula is C23H35N3O. The number of rotatable bonds is 7. The molecule has 148 valence electrons. The van der Waals surface area contributed by atoms with Crippen LogP contribution in [0, 0.1) is 5.41 Å². The molecule has 4 heteroatoms. The van der Waals surface area contributed by atoms with Gasteiger partial charge in [0.2, 0.25) is 5.91 Å². The standard InChI is InChI=1S/C23H35N3O/c1-22(17-25-20-15-19(20)18-7-4-3-5-8-18)11-13-26(14-12-22)23(9-6-10-23)16-21(27)24-2/h3-5,7-8,19-20,25H,6,9-17H2,1-2H3,(H,24,27)/t19-,20+/m0/s1. The van der Waals surface area contributed by atoms with Crippen molar-refractivity contribution in [2.75, 3.05) is 26.7 Å². The van der Waals surface area contributed by atoms with Crippen LogP contribution in [0.5, 0.6) is 0 Å². The van der Waals surface area contributed by atoms with Crippen molar-refractivity contribution in [2.24, 2.45) is 5.41 Å². The second-order valence-electron chi connectivity index (χ2n) is 9.47. The van der Waals surface area contributed by atoms with Gasteiger partial charge in [0.05, 0.1) is 0 Å². The molecule has 4 nitrogen and oxygen atoms in total. The summed E-state index contributed by atoms with van der Waals surface area (Å²) in [5, 5.41) is 6.68. The lowest BCUT2D eigenvalue weighted by atomic mass is 9.70. The third-order valence-electron chi connectivity index (χ3n) is 7.50. The highest BCUT2D eigenvalue weighted by atomic mass is 16.1. The molecule has 2 N–H and O–H groups in total.